The van der Waals surface area contributed by atoms with E-state index in [-0.39, 0.29) is 5.92 Å². The van der Waals surface area contributed by atoms with Gasteiger partial charge < -0.3 is 5.32 Å². The zero-order valence-corrected chi connectivity index (χ0v) is 9.38. The summed E-state index contributed by atoms with van der Waals surface area (Å²) in [6.45, 7) is 2.05. The fourth-order valence-corrected chi connectivity index (χ4v) is 3.21. The van der Waals surface area contributed by atoms with Gasteiger partial charge in [-0.15, -0.1) is 0 Å². The lowest BCUT2D eigenvalue weighted by molar-refractivity contribution is -0.120. The molecule has 2 nitrogen and oxygen atoms in total. The predicted octanol–water partition coefficient (Wildman–Crippen LogP) is 2.40. The first-order valence-electron chi connectivity index (χ1n) is 6.19. The minimum Gasteiger partial charge on any atom is -0.385 e. The number of ketones is 1. The summed E-state index contributed by atoms with van der Waals surface area (Å²) in [6.07, 6.45) is 9.27. The van der Waals surface area contributed by atoms with Crippen LogP contribution < -0.4 is 5.32 Å². The van der Waals surface area contributed by atoms with Crippen LogP contribution in [0.5, 0.6) is 0 Å². The molecule has 4 fully saturated rings. The summed E-state index contributed by atoms with van der Waals surface area (Å²) in [7, 11) is 0. The highest BCUT2D eigenvalue weighted by Gasteiger charge is 2.56. The van der Waals surface area contributed by atoms with Gasteiger partial charge in [-0.2, -0.15) is 0 Å². The number of Topliss-reactive ketones (excluding diaryl/α,β-unsaturated/α-hetero) is 1. The van der Waals surface area contributed by atoms with Gasteiger partial charge in [-0.3, -0.25) is 4.79 Å². The number of allylic oxidation sites excluding steroid dienone is 1. The van der Waals surface area contributed by atoms with Crippen LogP contribution >= 0.6 is 0 Å². The normalized spacial score (nSPS) is 45.9. The molecule has 0 amide bonds. The average Bonchev–Trinajstić information content (AvgIpc) is 2.07. The molecule has 0 spiro atoms. The van der Waals surface area contributed by atoms with Crippen molar-refractivity contribution in [3.63, 3.8) is 0 Å². The molecule has 4 rings (SSSR count). The second-order valence-electron chi connectivity index (χ2n) is 5.73. The molecule has 0 aromatic carbocycles. The van der Waals surface area contributed by atoms with Gasteiger partial charge in [0.25, 0.3) is 0 Å². The highest BCUT2D eigenvalue weighted by molar-refractivity contribution is 5.97. The van der Waals surface area contributed by atoms with Crippen molar-refractivity contribution in [3.05, 3.63) is 11.8 Å². The maximum Gasteiger partial charge on any atom is 0.163 e. The van der Waals surface area contributed by atoms with E-state index in [9.17, 15) is 4.79 Å². The number of carbonyl (C=O) groups excluding carboxylic acids is 1. The second kappa shape index (κ2) is 3.10. The van der Waals surface area contributed by atoms with Crippen molar-refractivity contribution >= 4 is 5.78 Å². The smallest absolute Gasteiger partial charge is 0.163 e. The van der Waals surface area contributed by atoms with Gasteiger partial charge in [0.15, 0.2) is 5.78 Å². The minimum atomic E-state index is 0.250. The zero-order valence-electron chi connectivity index (χ0n) is 9.38. The van der Waals surface area contributed by atoms with E-state index in [1.54, 1.807) is 0 Å². The van der Waals surface area contributed by atoms with Crippen LogP contribution in [-0.4, -0.2) is 11.3 Å². The van der Waals surface area contributed by atoms with Gasteiger partial charge in [0.1, 0.15) is 0 Å². The molecule has 0 aromatic heterocycles. The van der Waals surface area contributed by atoms with Crippen LogP contribution in [0.4, 0.5) is 0 Å². The number of hydrogen-bond acceptors (Lipinski definition) is 2. The maximum atomic E-state index is 11.9. The van der Waals surface area contributed by atoms with Gasteiger partial charge in [-0.25, -0.2) is 0 Å². The summed E-state index contributed by atoms with van der Waals surface area (Å²) in [4.78, 5) is 11.9. The molecule has 1 N–H and O–H groups in total. The van der Waals surface area contributed by atoms with Crippen LogP contribution in [0.3, 0.4) is 0 Å². The average molecular weight is 205 g/mol. The quantitative estimate of drug-likeness (QED) is 0.701. The molecule has 82 valence electrons. The molecular formula is C13H19NO. The first-order chi connectivity index (χ1) is 7.19. The molecule has 2 bridgehead atoms. The number of carbonyl (C=O) groups is 1. The predicted molar refractivity (Wildman–Crippen MR) is 59.3 cm³/mol. The first-order valence-corrected chi connectivity index (χ1v) is 6.19. The maximum absolute atomic E-state index is 11.9. The van der Waals surface area contributed by atoms with E-state index in [1.165, 1.54) is 25.7 Å². The second-order valence-corrected chi connectivity index (χ2v) is 5.73. The summed E-state index contributed by atoms with van der Waals surface area (Å²) < 4.78 is 0. The monoisotopic (exact) mass is 205 g/mol. The molecule has 2 heteroatoms. The highest BCUT2D eigenvalue weighted by Crippen LogP contribution is 2.57. The molecule has 15 heavy (non-hydrogen) atoms. The Morgan fingerprint density at radius 3 is 2.73 bits per heavy atom. The molecule has 1 atom stereocenters. The topological polar surface area (TPSA) is 29.1 Å². The zero-order chi connectivity index (χ0) is 10.5. The molecule has 4 aliphatic rings. The molecule has 0 heterocycles. The largest absolute Gasteiger partial charge is 0.385 e. The Balaban J connectivity index is 1.64. The van der Waals surface area contributed by atoms with Gasteiger partial charge in [0.05, 0.1) is 0 Å². The Bertz CT molecular complexity index is 314. The van der Waals surface area contributed by atoms with Gasteiger partial charge in [-0.05, 0) is 44.4 Å². The van der Waals surface area contributed by atoms with Crippen molar-refractivity contribution in [2.75, 3.05) is 0 Å². The SMILES string of the molecule is CC1CCC/C(=C\NC23CC(C2)C3)C1=O. The summed E-state index contributed by atoms with van der Waals surface area (Å²) in [5, 5.41) is 3.50. The number of nitrogens with one attached hydrogen (secondary N) is 1. The summed E-state index contributed by atoms with van der Waals surface area (Å²) in [6, 6.07) is 0. The van der Waals surface area contributed by atoms with E-state index in [0.29, 0.717) is 11.3 Å². The molecule has 1 unspecified atom stereocenters. The van der Waals surface area contributed by atoms with Crippen LogP contribution in [0.1, 0.15) is 45.4 Å². The van der Waals surface area contributed by atoms with Crippen LogP contribution in [0.2, 0.25) is 0 Å². The lowest BCUT2D eigenvalue weighted by Crippen LogP contribution is -2.65. The Hall–Kier alpha value is -0.790. The van der Waals surface area contributed by atoms with Crippen molar-refractivity contribution in [1.29, 1.82) is 0 Å². The molecule has 4 aliphatic carbocycles. The van der Waals surface area contributed by atoms with Crippen LogP contribution in [0.25, 0.3) is 0 Å². The van der Waals surface area contributed by atoms with Crippen LogP contribution in [0.15, 0.2) is 11.8 Å². The third-order valence-electron chi connectivity index (χ3n) is 4.44. The van der Waals surface area contributed by atoms with Crippen LogP contribution in [-0.2, 0) is 4.79 Å². The third kappa shape index (κ3) is 1.42. The molecule has 4 saturated carbocycles. The Kier molecular flexibility index (Phi) is 1.95. The molecule has 0 radical (unpaired) electrons. The van der Waals surface area contributed by atoms with E-state index >= 15 is 0 Å². The number of rotatable bonds is 2. The Labute approximate surface area is 91.1 Å². The van der Waals surface area contributed by atoms with Gasteiger partial charge >= 0.3 is 0 Å². The van der Waals surface area contributed by atoms with Crippen molar-refractivity contribution in [3.8, 4) is 0 Å². The fourth-order valence-electron chi connectivity index (χ4n) is 3.21. The van der Waals surface area contributed by atoms with E-state index < -0.39 is 0 Å². The molecule has 0 aromatic rings. The van der Waals surface area contributed by atoms with Gasteiger partial charge in [0, 0.05) is 23.2 Å². The van der Waals surface area contributed by atoms with E-state index in [2.05, 4.69) is 12.2 Å². The summed E-state index contributed by atoms with van der Waals surface area (Å²) >= 11 is 0. The lowest BCUT2D eigenvalue weighted by atomic mass is 9.50. The summed E-state index contributed by atoms with van der Waals surface area (Å²) in [5.41, 5.74) is 1.46. The molecule has 0 saturated heterocycles. The first kappa shape index (κ1) is 9.44. The molecule has 0 aliphatic heterocycles. The van der Waals surface area contributed by atoms with Crippen molar-refractivity contribution in [2.45, 2.75) is 51.0 Å². The van der Waals surface area contributed by atoms with Crippen molar-refractivity contribution in [1.82, 2.24) is 5.32 Å². The van der Waals surface area contributed by atoms with E-state index in [1.807, 2.05) is 6.20 Å². The Morgan fingerprint density at radius 1 is 1.40 bits per heavy atom. The van der Waals surface area contributed by atoms with Gasteiger partial charge in [0.2, 0.25) is 0 Å². The van der Waals surface area contributed by atoms with E-state index in [4.69, 9.17) is 0 Å². The number of hydrogen-bond donors (Lipinski definition) is 1. The highest BCUT2D eigenvalue weighted by atomic mass is 16.1. The minimum absolute atomic E-state index is 0.250. The van der Waals surface area contributed by atoms with Crippen LogP contribution in [0, 0.1) is 11.8 Å². The lowest BCUT2D eigenvalue weighted by Gasteiger charge is -2.62. The van der Waals surface area contributed by atoms with Crippen molar-refractivity contribution < 1.29 is 4.79 Å². The molecular weight excluding hydrogens is 186 g/mol. The Morgan fingerprint density at radius 2 is 2.13 bits per heavy atom. The van der Waals surface area contributed by atoms with Crippen molar-refractivity contribution in [2.24, 2.45) is 11.8 Å². The third-order valence-corrected chi connectivity index (χ3v) is 4.44. The van der Waals surface area contributed by atoms with Gasteiger partial charge in [-0.1, -0.05) is 6.92 Å². The summed E-state index contributed by atoms with van der Waals surface area (Å²) in [5.74, 6) is 1.62. The fraction of sp³-hybridized carbons (Fsp3) is 0.769. The van der Waals surface area contributed by atoms with E-state index in [0.717, 1.165) is 24.3 Å². The standard InChI is InChI=1S/C13H19NO/c1-9-3-2-4-11(12(9)15)8-14-13-5-10(6-13)7-13/h8-10,14H,2-7H2,1H3/b11-8+.